The van der Waals surface area contributed by atoms with E-state index in [2.05, 4.69) is 15.0 Å². The molecule has 0 fully saturated rings. The molecule has 0 bridgehead atoms. The third-order valence-electron chi connectivity index (χ3n) is 3.13. The minimum Gasteiger partial charge on any atom is -0.454 e. The summed E-state index contributed by atoms with van der Waals surface area (Å²) in [5, 5.41) is 0. The Morgan fingerprint density at radius 3 is 2.89 bits per heavy atom. The molecule has 0 atom stereocenters. The maximum absolute atomic E-state index is 5.37. The van der Waals surface area contributed by atoms with E-state index in [4.69, 9.17) is 9.47 Å². The van der Waals surface area contributed by atoms with Gasteiger partial charge in [0.2, 0.25) is 6.79 Å². The average molecular weight is 253 g/mol. The number of aromatic nitrogens is 3. The molecule has 0 amide bonds. The van der Waals surface area contributed by atoms with Crippen molar-refractivity contribution in [2.45, 2.75) is 6.92 Å². The van der Waals surface area contributed by atoms with Crippen molar-refractivity contribution in [3.8, 4) is 22.9 Å². The first-order valence-corrected chi connectivity index (χ1v) is 6.03. The Morgan fingerprint density at radius 2 is 1.95 bits per heavy atom. The number of nitrogens with one attached hydrogen (secondary N) is 1. The highest BCUT2D eigenvalue weighted by molar-refractivity contribution is 5.76. The zero-order chi connectivity index (χ0) is 12.8. The van der Waals surface area contributed by atoms with Crippen molar-refractivity contribution in [1.29, 1.82) is 0 Å². The van der Waals surface area contributed by atoms with E-state index in [0.29, 0.717) is 0 Å². The van der Waals surface area contributed by atoms with E-state index in [1.807, 2.05) is 37.3 Å². The Balaban J connectivity index is 1.85. The molecule has 1 aromatic carbocycles. The molecule has 5 nitrogen and oxygen atoms in total. The smallest absolute Gasteiger partial charge is 0.231 e. The molecule has 2 aromatic heterocycles. The molecule has 1 aliphatic heterocycles. The van der Waals surface area contributed by atoms with Gasteiger partial charge in [0.15, 0.2) is 17.1 Å². The Hall–Kier alpha value is -2.56. The fourth-order valence-corrected chi connectivity index (χ4v) is 2.17. The third-order valence-corrected chi connectivity index (χ3v) is 3.13. The van der Waals surface area contributed by atoms with Gasteiger partial charge in [0.05, 0.1) is 5.52 Å². The predicted octanol–water partition coefficient (Wildman–Crippen LogP) is 2.66. The number of hydrogen-bond donors (Lipinski definition) is 1. The number of aryl methyl sites for hydroxylation is 1. The minimum absolute atomic E-state index is 0.277. The zero-order valence-electron chi connectivity index (χ0n) is 10.3. The van der Waals surface area contributed by atoms with Gasteiger partial charge in [-0.2, -0.15) is 0 Å². The maximum Gasteiger partial charge on any atom is 0.231 e. The van der Waals surface area contributed by atoms with Crippen LogP contribution in [-0.2, 0) is 0 Å². The summed E-state index contributed by atoms with van der Waals surface area (Å²) in [4.78, 5) is 12.2. The summed E-state index contributed by atoms with van der Waals surface area (Å²) in [5.74, 6) is 2.31. The van der Waals surface area contributed by atoms with Crippen molar-refractivity contribution in [3.05, 3.63) is 36.0 Å². The molecule has 19 heavy (non-hydrogen) atoms. The van der Waals surface area contributed by atoms with Crippen LogP contribution in [0.1, 0.15) is 5.69 Å². The summed E-state index contributed by atoms with van der Waals surface area (Å²) >= 11 is 0. The highest BCUT2D eigenvalue weighted by Crippen LogP contribution is 2.35. The van der Waals surface area contributed by atoms with Crippen LogP contribution in [0, 0.1) is 6.92 Å². The molecule has 0 saturated carbocycles. The van der Waals surface area contributed by atoms with Crippen LogP contribution in [0.5, 0.6) is 11.5 Å². The first-order chi connectivity index (χ1) is 9.29. The standard InChI is InChI=1S/C14H11N3O2/c1-8-2-4-10-14(15-8)17-13(16-10)9-3-5-11-12(6-9)19-7-18-11/h2-6H,7H2,1H3,(H,15,16,17). The molecule has 0 unspecified atom stereocenters. The summed E-state index contributed by atoms with van der Waals surface area (Å²) in [6.07, 6.45) is 0. The maximum atomic E-state index is 5.37. The van der Waals surface area contributed by atoms with Gasteiger partial charge in [-0.25, -0.2) is 9.97 Å². The predicted molar refractivity (Wildman–Crippen MR) is 70.2 cm³/mol. The van der Waals surface area contributed by atoms with E-state index >= 15 is 0 Å². The lowest BCUT2D eigenvalue weighted by molar-refractivity contribution is 0.174. The number of aromatic amines is 1. The molecular weight excluding hydrogens is 242 g/mol. The second kappa shape index (κ2) is 3.71. The Morgan fingerprint density at radius 1 is 1.05 bits per heavy atom. The molecular formula is C14H11N3O2. The summed E-state index contributed by atoms with van der Waals surface area (Å²) in [7, 11) is 0. The van der Waals surface area contributed by atoms with Gasteiger partial charge < -0.3 is 14.5 Å². The number of H-pyrrole nitrogens is 1. The van der Waals surface area contributed by atoms with Crippen molar-refractivity contribution >= 4 is 11.2 Å². The van der Waals surface area contributed by atoms with Gasteiger partial charge in [0, 0.05) is 11.3 Å². The Kier molecular flexibility index (Phi) is 2.03. The largest absolute Gasteiger partial charge is 0.454 e. The van der Waals surface area contributed by atoms with Gasteiger partial charge in [-0.3, -0.25) is 0 Å². The van der Waals surface area contributed by atoms with Crippen LogP contribution in [0.15, 0.2) is 30.3 Å². The van der Waals surface area contributed by atoms with E-state index in [9.17, 15) is 0 Å². The SMILES string of the molecule is Cc1ccc2[nH]c(-c3ccc4c(c3)OCO4)nc2n1. The minimum atomic E-state index is 0.277. The van der Waals surface area contributed by atoms with Gasteiger partial charge in [0.1, 0.15) is 5.82 Å². The number of nitrogens with zero attached hydrogens (tertiary/aromatic N) is 2. The summed E-state index contributed by atoms with van der Waals surface area (Å²) < 4.78 is 10.7. The highest BCUT2D eigenvalue weighted by atomic mass is 16.7. The molecule has 0 radical (unpaired) electrons. The molecule has 0 aliphatic carbocycles. The monoisotopic (exact) mass is 253 g/mol. The van der Waals surface area contributed by atoms with Crippen LogP contribution in [0.4, 0.5) is 0 Å². The van der Waals surface area contributed by atoms with Gasteiger partial charge >= 0.3 is 0 Å². The molecule has 94 valence electrons. The van der Waals surface area contributed by atoms with Crippen LogP contribution in [-0.4, -0.2) is 21.7 Å². The number of pyridine rings is 1. The molecule has 3 heterocycles. The van der Waals surface area contributed by atoms with Crippen LogP contribution in [0.3, 0.4) is 0 Å². The van der Waals surface area contributed by atoms with Crippen LogP contribution >= 0.6 is 0 Å². The van der Waals surface area contributed by atoms with Crippen LogP contribution in [0.2, 0.25) is 0 Å². The number of imidazole rings is 1. The molecule has 5 heteroatoms. The topological polar surface area (TPSA) is 60.0 Å². The van der Waals surface area contributed by atoms with Gasteiger partial charge in [-0.1, -0.05) is 0 Å². The molecule has 0 spiro atoms. The first kappa shape index (κ1) is 10.4. The van der Waals surface area contributed by atoms with Crippen molar-refractivity contribution < 1.29 is 9.47 Å². The van der Waals surface area contributed by atoms with E-state index in [1.54, 1.807) is 0 Å². The normalized spacial score (nSPS) is 13.1. The van der Waals surface area contributed by atoms with Gasteiger partial charge in [0.25, 0.3) is 0 Å². The van der Waals surface area contributed by atoms with Crippen LogP contribution in [0.25, 0.3) is 22.6 Å². The van der Waals surface area contributed by atoms with Crippen LogP contribution < -0.4 is 9.47 Å². The van der Waals surface area contributed by atoms with E-state index in [1.165, 1.54) is 0 Å². The quantitative estimate of drug-likeness (QED) is 0.724. The summed E-state index contributed by atoms with van der Waals surface area (Å²) in [6.45, 7) is 2.23. The first-order valence-electron chi connectivity index (χ1n) is 6.03. The molecule has 3 aromatic rings. The lowest BCUT2D eigenvalue weighted by Crippen LogP contribution is -1.92. The van der Waals surface area contributed by atoms with Crippen molar-refractivity contribution in [2.75, 3.05) is 6.79 Å². The number of fused-ring (bicyclic) bond motifs is 2. The molecule has 1 aliphatic rings. The van der Waals surface area contributed by atoms with Crippen molar-refractivity contribution in [1.82, 2.24) is 15.0 Å². The summed E-state index contributed by atoms with van der Waals surface area (Å²) in [5.41, 5.74) is 3.57. The third kappa shape index (κ3) is 1.62. The lowest BCUT2D eigenvalue weighted by atomic mass is 10.2. The van der Waals surface area contributed by atoms with E-state index in [0.717, 1.165) is 39.7 Å². The fourth-order valence-electron chi connectivity index (χ4n) is 2.17. The lowest BCUT2D eigenvalue weighted by Gasteiger charge is -1.99. The second-order valence-corrected chi connectivity index (χ2v) is 4.48. The van der Waals surface area contributed by atoms with E-state index < -0.39 is 0 Å². The van der Waals surface area contributed by atoms with Gasteiger partial charge in [-0.05, 0) is 37.3 Å². The van der Waals surface area contributed by atoms with E-state index in [-0.39, 0.29) is 6.79 Å². The number of ether oxygens (including phenoxy) is 2. The molecule has 0 saturated heterocycles. The Labute approximate surface area is 109 Å². The second-order valence-electron chi connectivity index (χ2n) is 4.48. The average Bonchev–Trinajstić information content (AvgIpc) is 3.02. The highest BCUT2D eigenvalue weighted by Gasteiger charge is 2.15. The molecule has 1 N–H and O–H groups in total. The summed E-state index contributed by atoms with van der Waals surface area (Å²) in [6, 6.07) is 9.72. The Bertz CT molecular complexity index is 779. The van der Waals surface area contributed by atoms with Gasteiger partial charge in [-0.15, -0.1) is 0 Å². The fraction of sp³-hybridized carbons (Fsp3) is 0.143. The number of benzene rings is 1. The zero-order valence-corrected chi connectivity index (χ0v) is 10.3. The van der Waals surface area contributed by atoms with Crippen molar-refractivity contribution in [3.63, 3.8) is 0 Å². The number of rotatable bonds is 1. The number of hydrogen-bond acceptors (Lipinski definition) is 4. The molecule has 4 rings (SSSR count). The van der Waals surface area contributed by atoms with Crippen molar-refractivity contribution in [2.24, 2.45) is 0 Å².